The van der Waals surface area contributed by atoms with Gasteiger partial charge in [-0.05, 0) is 61.6 Å². The van der Waals surface area contributed by atoms with Crippen LogP contribution in [0.2, 0.25) is 0 Å². The fourth-order valence-electron chi connectivity index (χ4n) is 2.62. The number of nitrogens with zero attached hydrogens (tertiary/aromatic N) is 1. The quantitative estimate of drug-likeness (QED) is 0.310. The summed E-state index contributed by atoms with van der Waals surface area (Å²) in [5.41, 5.74) is 6.25. The molecule has 2 aromatic carbocycles. The average Bonchev–Trinajstić information content (AvgIpc) is 2.60. The number of benzene rings is 2. The monoisotopic (exact) mass is 331 g/mol. The maximum Gasteiger partial charge on any atom is 0.117 e. The number of hydrogen-bond acceptors (Lipinski definition) is 1. The molecule has 0 unspecified atom stereocenters. The van der Waals surface area contributed by atoms with Crippen LogP contribution in [0.3, 0.4) is 0 Å². The van der Waals surface area contributed by atoms with Gasteiger partial charge in [0.25, 0.3) is 0 Å². The van der Waals surface area contributed by atoms with Gasteiger partial charge in [0.05, 0.1) is 5.70 Å². The molecule has 0 bridgehead atoms. The molecule has 1 nitrogen and oxygen atoms in total. The number of aryl methyl sites for hydroxylation is 1. The van der Waals surface area contributed by atoms with Crippen LogP contribution in [0.15, 0.2) is 53.2 Å². The average molecular weight is 331 g/mol. The Hall–Kier alpha value is -2.42. The highest BCUT2D eigenvalue weighted by molar-refractivity contribution is 6.32. The molecule has 0 aliphatic carbocycles. The van der Waals surface area contributed by atoms with Crippen LogP contribution in [0, 0.1) is 19.7 Å². The van der Waals surface area contributed by atoms with Crippen molar-refractivity contribution < 1.29 is 4.39 Å². The highest BCUT2D eigenvalue weighted by atomic mass is 19.1. The fourth-order valence-corrected chi connectivity index (χ4v) is 2.62. The molecule has 0 saturated carbocycles. The van der Waals surface area contributed by atoms with E-state index in [0.29, 0.717) is 0 Å². The molecule has 0 aliphatic rings. The number of hydrogen-bond donors (Lipinski definition) is 0. The molecule has 2 rings (SSSR count). The van der Waals surface area contributed by atoms with Crippen LogP contribution in [-0.2, 0) is 0 Å². The first-order chi connectivity index (χ1) is 12.0. The van der Waals surface area contributed by atoms with E-state index >= 15 is 0 Å². The Morgan fingerprint density at radius 1 is 1.20 bits per heavy atom. The van der Waals surface area contributed by atoms with Gasteiger partial charge < -0.3 is 0 Å². The fraction of sp³-hybridized carbons (Fsp3) is 0.227. The minimum atomic E-state index is -0.409. The number of allylic oxidation sites excluding steroid dienone is 2. The minimum Gasteiger partial charge on any atom is -0.261 e. The SMILES string of the molecule is [B]c1ccc(/C=C(\C(=C\C)N=CCC)c2cccc(C)c2C)cc1F. The molecule has 0 aliphatic heterocycles. The van der Waals surface area contributed by atoms with E-state index in [1.807, 2.05) is 44.3 Å². The summed E-state index contributed by atoms with van der Waals surface area (Å²) < 4.78 is 13.9. The molecule has 3 heteroatoms. The zero-order chi connectivity index (χ0) is 18.4. The Kier molecular flexibility index (Phi) is 6.52. The molecule has 2 radical (unpaired) electrons. The molecule has 0 amide bonds. The van der Waals surface area contributed by atoms with Crippen LogP contribution in [0.25, 0.3) is 11.6 Å². The van der Waals surface area contributed by atoms with Crippen molar-refractivity contribution in [3.8, 4) is 0 Å². The molecule has 25 heavy (non-hydrogen) atoms. The van der Waals surface area contributed by atoms with Crippen LogP contribution < -0.4 is 5.46 Å². The first kappa shape index (κ1) is 18.9. The summed E-state index contributed by atoms with van der Waals surface area (Å²) in [4.78, 5) is 4.59. The standard InChI is InChI=1S/C22H23BFN/c1-5-12-25-22(6-2)19(18-9-7-8-15(3)16(18)4)13-17-10-11-20(23)21(24)14-17/h6-14H,5H2,1-4H3/b19-13-,22-6-,25-12?. The van der Waals surface area contributed by atoms with E-state index in [4.69, 9.17) is 7.85 Å². The van der Waals surface area contributed by atoms with Crippen LogP contribution in [-0.4, -0.2) is 14.1 Å². The van der Waals surface area contributed by atoms with Gasteiger partial charge in [0.15, 0.2) is 0 Å². The molecule has 0 heterocycles. The Morgan fingerprint density at radius 3 is 2.60 bits per heavy atom. The van der Waals surface area contributed by atoms with Crippen LogP contribution in [0.4, 0.5) is 4.39 Å². The number of aliphatic imine (C=N–C) groups is 1. The number of halogens is 1. The van der Waals surface area contributed by atoms with E-state index in [0.717, 1.165) is 28.8 Å². The summed E-state index contributed by atoms with van der Waals surface area (Å²) in [5.74, 6) is -0.409. The van der Waals surface area contributed by atoms with E-state index in [2.05, 4.69) is 31.0 Å². The Morgan fingerprint density at radius 2 is 1.96 bits per heavy atom. The minimum absolute atomic E-state index is 0.153. The van der Waals surface area contributed by atoms with Crippen molar-refractivity contribution in [2.45, 2.75) is 34.1 Å². The van der Waals surface area contributed by atoms with Crippen molar-refractivity contribution in [3.63, 3.8) is 0 Å². The van der Waals surface area contributed by atoms with Crippen molar-refractivity contribution in [2.75, 3.05) is 0 Å². The van der Waals surface area contributed by atoms with Gasteiger partial charge in [0.2, 0.25) is 0 Å². The van der Waals surface area contributed by atoms with E-state index in [9.17, 15) is 4.39 Å². The second-order valence-electron chi connectivity index (χ2n) is 5.98. The van der Waals surface area contributed by atoms with Crippen molar-refractivity contribution in [2.24, 2.45) is 4.99 Å². The Balaban J connectivity index is 2.67. The first-order valence-corrected chi connectivity index (χ1v) is 8.50. The molecular weight excluding hydrogens is 308 g/mol. The highest BCUT2D eigenvalue weighted by Crippen LogP contribution is 2.30. The highest BCUT2D eigenvalue weighted by Gasteiger charge is 2.11. The lowest BCUT2D eigenvalue weighted by Crippen LogP contribution is -2.07. The molecule has 0 N–H and O–H groups in total. The van der Waals surface area contributed by atoms with Gasteiger partial charge in [-0.15, -0.1) is 0 Å². The maximum absolute atomic E-state index is 13.9. The van der Waals surface area contributed by atoms with E-state index in [1.165, 1.54) is 17.2 Å². The summed E-state index contributed by atoms with van der Waals surface area (Å²) >= 11 is 0. The zero-order valence-electron chi connectivity index (χ0n) is 15.3. The third-order valence-electron chi connectivity index (χ3n) is 4.19. The van der Waals surface area contributed by atoms with E-state index in [-0.39, 0.29) is 5.46 Å². The smallest absolute Gasteiger partial charge is 0.117 e. The lowest BCUT2D eigenvalue weighted by molar-refractivity contribution is 0.636. The van der Waals surface area contributed by atoms with Crippen LogP contribution in [0.1, 0.15) is 42.5 Å². The predicted molar refractivity (Wildman–Crippen MR) is 108 cm³/mol. The van der Waals surface area contributed by atoms with Gasteiger partial charge in [-0.3, -0.25) is 4.99 Å². The maximum atomic E-state index is 13.9. The van der Waals surface area contributed by atoms with E-state index < -0.39 is 5.82 Å². The Bertz CT molecular complexity index is 847. The van der Waals surface area contributed by atoms with Crippen LogP contribution >= 0.6 is 0 Å². The van der Waals surface area contributed by atoms with Gasteiger partial charge >= 0.3 is 0 Å². The summed E-state index contributed by atoms with van der Waals surface area (Å²) in [6.45, 7) is 8.20. The molecule has 0 fully saturated rings. The van der Waals surface area contributed by atoms with Crippen molar-refractivity contribution in [3.05, 3.63) is 76.2 Å². The molecular formula is C22H23BFN. The van der Waals surface area contributed by atoms with Crippen molar-refractivity contribution in [1.82, 2.24) is 0 Å². The van der Waals surface area contributed by atoms with Crippen molar-refractivity contribution >= 4 is 31.2 Å². The van der Waals surface area contributed by atoms with Gasteiger partial charge in [0, 0.05) is 11.8 Å². The topological polar surface area (TPSA) is 12.4 Å². The van der Waals surface area contributed by atoms with Crippen LogP contribution in [0.5, 0.6) is 0 Å². The molecule has 0 aromatic heterocycles. The molecule has 0 spiro atoms. The third-order valence-corrected chi connectivity index (χ3v) is 4.19. The first-order valence-electron chi connectivity index (χ1n) is 8.50. The molecule has 2 aromatic rings. The lowest BCUT2D eigenvalue weighted by Gasteiger charge is -2.14. The summed E-state index contributed by atoms with van der Waals surface area (Å²) in [5, 5.41) is 0. The summed E-state index contributed by atoms with van der Waals surface area (Å²) in [6.07, 6.45) is 6.69. The van der Waals surface area contributed by atoms with Gasteiger partial charge in [0.1, 0.15) is 13.7 Å². The third kappa shape index (κ3) is 4.57. The van der Waals surface area contributed by atoms with Gasteiger partial charge in [-0.1, -0.05) is 48.8 Å². The van der Waals surface area contributed by atoms with Gasteiger partial charge in [-0.2, -0.15) is 0 Å². The van der Waals surface area contributed by atoms with Gasteiger partial charge in [-0.25, -0.2) is 4.39 Å². The largest absolute Gasteiger partial charge is 0.261 e. The second kappa shape index (κ2) is 8.61. The molecule has 126 valence electrons. The molecule has 0 atom stereocenters. The predicted octanol–water partition coefficient (Wildman–Crippen LogP) is 5.16. The second-order valence-corrected chi connectivity index (χ2v) is 5.98. The lowest BCUT2D eigenvalue weighted by atomic mass is 9.91. The summed E-state index contributed by atoms with van der Waals surface area (Å²) in [7, 11) is 5.60. The van der Waals surface area contributed by atoms with E-state index in [1.54, 1.807) is 6.07 Å². The summed E-state index contributed by atoms with van der Waals surface area (Å²) in [6, 6.07) is 11.1. The zero-order valence-corrected chi connectivity index (χ0v) is 15.3. The van der Waals surface area contributed by atoms with Crippen molar-refractivity contribution in [1.29, 1.82) is 0 Å². The molecule has 0 saturated heterocycles. The Labute approximate surface area is 151 Å². The normalized spacial score (nSPS) is 12.8. The number of rotatable bonds is 5.